The van der Waals surface area contributed by atoms with Gasteiger partial charge in [0.15, 0.2) is 18.2 Å². The Morgan fingerprint density at radius 2 is 1.88 bits per heavy atom. The molecule has 0 amide bonds. The number of carbonyl (C=O) groups is 1. The van der Waals surface area contributed by atoms with E-state index in [2.05, 4.69) is 25.1 Å². The topological polar surface area (TPSA) is 101 Å². The summed E-state index contributed by atoms with van der Waals surface area (Å²) >= 11 is 0. The molecule has 0 aliphatic heterocycles. The number of aromatic nitrogens is 7. The highest BCUT2D eigenvalue weighted by Gasteiger charge is 2.16. The monoisotopic (exact) mass is 347 g/mol. The normalized spacial score (nSPS) is 10.6. The second-order valence-corrected chi connectivity index (χ2v) is 5.23. The Morgan fingerprint density at radius 3 is 2.69 bits per heavy atom. The number of nitrogens with zero attached hydrogens (tertiary/aromatic N) is 7. The highest BCUT2D eigenvalue weighted by atomic mass is 16.5. The first-order valence-corrected chi connectivity index (χ1v) is 7.74. The van der Waals surface area contributed by atoms with Gasteiger partial charge < -0.3 is 4.74 Å². The highest BCUT2D eigenvalue weighted by molar-refractivity contribution is 5.92. The Balaban J connectivity index is 1.48. The van der Waals surface area contributed by atoms with Crippen LogP contribution in [0.2, 0.25) is 0 Å². The molecular formula is C17H13N7O2. The predicted molar refractivity (Wildman–Crippen MR) is 89.6 cm³/mol. The molecule has 0 N–H and O–H groups in total. The van der Waals surface area contributed by atoms with Gasteiger partial charge in [0.2, 0.25) is 0 Å². The van der Waals surface area contributed by atoms with E-state index >= 15 is 0 Å². The van der Waals surface area contributed by atoms with Gasteiger partial charge in [-0.15, -0.1) is 5.10 Å². The molecule has 4 aromatic rings. The summed E-state index contributed by atoms with van der Waals surface area (Å²) in [5, 5.41) is 8.30. The molecule has 0 bridgehead atoms. The van der Waals surface area contributed by atoms with E-state index in [1.165, 1.54) is 17.3 Å². The molecule has 128 valence electrons. The van der Waals surface area contributed by atoms with Crippen LogP contribution in [0.4, 0.5) is 0 Å². The minimum absolute atomic E-state index is 0.0512. The Bertz CT molecular complexity index is 1010. The summed E-state index contributed by atoms with van der Waals surface area (Å²) in [7, 11) is 0. The lowest BCUT2D eigenvalue weighted by Crippen LogP contribution is -2.12. The van der Waals surface area contributed by atoms with Gasteiger partial charge in [-0.1, -0.05) is 18.2 Å². The molecule has 3 aromatic heterocycles. The average molecular weight is 347 g/mol. The number of hydrogen-bond donors (Lipinski definition) is 0. The van der Waals surface area contributed by atoms with Crippen molar-refractivity contribution in [2.45, 2.75) is 6.61 Å². The van der Waals surface area contributed by atoms with E-state index in [1.54, 1.807) is 29.3 Å². The molecule has 26 heavy (non-hydrogen) atoms. The van der Waals surface area contributed by atoms with Crippen LogP contribution in [-0.2, 0) is 11.3 Å². The molecule has 0 atom stereocenters. The highest BCUT2D eigenvalue weighted by Crippen LogP contribution is 2.12. The molecule has 9 nitrogen and oxygen atoms in total. The van der Waals surface area contributed by atoms with Gasteiger partial charge in [0.25, 0.3) is 0 Å². The summed E-state index contributed by atoms with van der Waals surface area (Å²) < 4.78 is 8.34. The van der Waals surface area contributed by atoms with Crippen LogP contribution in [0.15, 0.2) is 67.6 Å². The van der Waals surface area contributed by atoms with E-state index in [0.29, 0.717) is 11.6 Å². The van der Waals surface area contributed by atoms with E-state index in [0.717, 1.165) is 5.69 Å². The maximum absolute atomic E-state index is 12.4. The summed E-state index contributed by atoms with van der Waals surface area (Å²) in [6.45, 7) is -0.0512. The number of benzene rings is 1. The molecule has 3 heterocycles. The maximum atomic E-state index is 12.4. The third-order valence-corrected chi connectivity index (χ3v) is 3.53. The van der Waals surface area contributed by atoms with Crippen molar-refractivity contribution in [3.8, 4) is 11.5 Å². The van der Waals surface area contributed by atoms with Crippen molar-refractivity contribution in [2.75, 3.05) is 0 Å². The van der Waals surface area contributed by atoms with Gasteiger partial charge in [-0.2, -0.15) is 5.10 Å². The van der Waals surface area contributed by atoms with Crippen LogP contribution >= 0.6 is 0 Å². The van der Waals surface area contributed by atoms with Gasteiger partial charge in [0, 0.05) is 6.20 Å². The lowest BCUT2D eigenvalue weighted by Gasteiger charge is -2.07. The van der Waals surface area contributed by atoms with Gasteiger partial charge in [-0.3, -0.25) is 0 Å². The summed E-state index contributed by atoms with van der Waals surface area (Å²) in [5.41, 5.74) is 1.15. The first-order chi connectivity index (χ1) is 12.8. The molecule has 0 aliphatic carbocycles. The zero-order valence-corrected chi connectivity index (χ0v) is 13.5. The predicted octanol–water partition coefficient (Wildman–Crippen LogP) is 1.60. The molecule has 0 saturated carbocycles. The van der Waals surface area contributed by atoms with E-state index in [1.807, 2.05) is 30.3 Å². The summed E-state index contributed by atoms with van der Waals surface area (Å²) in [6, 6.07) is 12.8. The van der Waals surface area contributed by atoms with Crippen molar-refractivity contribution in [1.29, 1.82) is 0 Å². The first-order valence-electron chi connectivity index (χ1n) is 7.74. The number of ether oxygens (including phenoxy) is 1. The molecule has 9 heteroatoms. The van der Waals surface area contributed by atoms with E-state index in [-0.39, 0.29) is 12.2 Å². The Labute approximate surface area is 147 Å². The fourth-order valence-corrected chi connectivity index (χ4v) is 2.33. The Hall–Kier alpha value is -3.88. The van der Waals surface area contributed by atoms with E-state index in [9.17, 15) is 4.79 Å². The Morgan fingerprint density at radius 1 is 1.00 bits per heavy atom. The quantitative estimate of drug-likeness (QED) is 0.505. The molecule has 0 fully saturated rings. The SMILES string of the molecule is O=C(OCc1ncn(-c2ccccc2)n1)c1cccnc1-n1cncn1. The van der Waals surface area contributed by atoms with Crippen molar-refractivity contribution in [3.05, 3.63) is 79.0 Å². The minimum Gasteiger partial charge on any atom is -0.454 e. The second-order valence-electron chi connectivity index (χ2n) is 5.23. The minimum atomic E-state index is -0.542. The molecule has 1 aromatic carbocycles. The largest absolute Gasteiger partial charge is 0.454 e. The third-order valence-electron chi connectivity index (χ3n) is 3.53. The summed E-state index contributed by atoms with van der Waals surface area (Å²) in [5.74, 6) is 0.200. The van der Waals surface area contributed by atoms with Crippen molar-refractivity contribution in [1.82, 2.24) is 34.5 Å². The van der Waals surface area contributed by atoms with Crippen molar-refractivity contribution < 1.29 is 9.53 Å². The lowest BCUT2D eigenvalue weighted by atomic mass is 10.2. The van der Waals surface area contributed by atoms with Gasteiger partial charge in [-0.25, -0.2) is 29.1 Å². The number of para-hydroxylation sites is 1. The maximum Gasteiger partial charge on any atom is 0.342 e. The van der Waals surface area contributed by atoms with Gasteiger partial charge in [0.05, 0.1) is 5.69 Å². The van der Waals surface area contributed by atoms with Crippen molar-refractivity contribution >= 4 is 5.97 Å². The summed E-state index contributed by atoms with van der Waals surface area (Å²) in [6.07, 6.45) is 5.96. The van der Waals surface area contributed by atoms with Crippen LogP contribution in [0.5, 0.6) is 0 Å². The first kappa shape index (κ1) is 15.6. The van der Waals surface area contributed by atoms with Crippen molar-refractivity contribution in [3.63, 3.8) is 0 Å². The number of carbonyl (C=O) groups excluding carboxylic acids is 1. The zero-order valence-electron chi connectivity index (χ0n) is 13.5. The number of esters is 1. The van der Waals surface area contributed by atoms with Crippen LogP contribution in [0, 0.1) is 0 Å². The molecular weight excluding hydrogens is 334 g/mol. The molecule has 4 rings (SSSR count). The lowest BCUT2D eigenvalue weighted by molar-refractivity contribution is 0.0461. The number of pyridine rings is 1. The molecule has 0 unspecified atom stereocenters. The number of rotatable bonds is 5. The van der Waals surface area contributed by atoms with Crippen LogP contribution in [-0.4, -0.2) is 40.5 Å². The number of hydrogen-bond acceptors (Lipinski definition) is 7. The third kappa shape index (κ3) is 3.18. The van der Waals surface area contributed by atoms with E-state index in [4.69, 9.17) is 4.74 Å². The van der Waals surface area contributed by atoms with E-state index < -0.39 is 5.97 Å². The smallest absolute Gasteiger partial charge is 0.342 e. The van der Waals surface area contributed by atoms with Gasteiger partial charge >= 0.3 is 5.97 Å². The Kier molecular flexibility index (Phi) is 4.17. The average Bonchev–Trinajstić information content (AvgIpc) is 3.39. The second kappa shape index (κ2) is 6.93. The fraction of sp³-hybridized carbons (Fsp3) is 0.0588. The van der Waals surface area contributed by atoms with Crippen LogP contribution in [0.25, 0.3) is 11.5 Å². The fourth-order valence-electron chi connectivity index (χ4n) is 2.33. The zero-order chi connectivity index (χ0) is 17.8. The van der Waals surface area contributed by atoms with Gasteiger partial charge in [-0.05, 0) is 24.3 Å². The van der Waals surface area contributed by atoms with Gasteiger partial charge in [0.1, 0.15) is 24.5 Å². The van der Waals surface area contributed by atoms with Crippen LogP contribution in [0.3, 0.4) is 0 Å². The van der Waals surface area contributed by atoms with Crippen LogP contribution in [0.1, 0.15) is 16.2 Å². The molecule has 0 radical (unpaired) electrons. The molecule has 0 spiro atoms. The van der Waals surface area contributed by atoms with Crippen LogP contribution < -0.4 is 0 Å². The molecule has 0 aliphatic rings. The van der Waals surface area contributed by atoms with Crippen molar-refractivity contribution in [2.24, 2.45) is 0 Å². The molecule has 0 saturated heterocycles. The standard InChI is InChI=1S/C17H13N7O2/c25-17(14-7-4-8-19-16(14)24-11-18-10-21-24)26-9-15-20-12-23(22-15)13-5-2-1-3-6-13/h1-8,10-12H,9H2. The summed E-state index contributed by atoms with van der Waals surface area (Å²) in [4.78, 5) is 24.6.